The van der Waals surface area contributed by atoms with Gasteiger partial charge in [0.05, 0.1) is 11.3 Å². The highest BCUT2D eigenvalue weighted by Gasteiger charge is 2.33. The molecule has 0 aromatic heterocycles. The largest absolute Gasteiger partial charge is 0.310 e. The van der Waals surface area contributed by atoms with Gasteiger partial charge in [-0.1, -0.05) is 126 Å². The van der Waals surface area contributed by atoms with E-state index >= 15 is 0 Å². The van der Waals surface area contributed by atoms with Gasteiger partial charge in [-0.05, 0) is 97.6 Å². The topological polar surface area (TPSA) is 37.4 Å². The molecule has 0 aliphatic heterocycles. The fraction of sp³-hybridized carbons (Fsp3) is 0.174. The Morgan fingerprint density at radius 1 is 0.490 bits per heavy atom. The van der Waals surface area contributed by atoms with Crippen LogP contribution in [0.15, 0.2) is 127 Å². The third-order valence-corrected chi connectivity index (χ3v) is 10.1. The normalized spacial score (nSPS) is 13.6. The summed E-state index contributed by atoms with van der Waals surface area (Å²) >= 11 is 0. The van der Waals surface area contributed by atoms with Crippen molar-refractivity contribution in [3.63, 3.8) is 0 Å². The number of carbonyl (C=O) groups excluding carboxylic acids is 2. The van der Waals surface area contributed by atoms with Crippen molar-refractivity contribution in [3.8, 4) is 22.3 Å². The predicted molar refractivity (Wildman–Crippen MR) is 204 cm³/mol. The summed E-state index contributed by atoms with van der Waals surface area (Å²) in [6, 6.07) is 42.3. The summed E-state index contributed by atoms with van der Waals surface area (Å²) in [5.41, 5.74) is 12.7. The summed E-state index contributed by atoms with van der Waals surface area (Å²) in [6.45, 7) is 13.5. The fourth-order valence-electron chi connectivity index (χ4n) is 7.36. The minimum Gasteiger partial charge on any atom is -0.310 e. The van der Waals surface area contributed by atoms with Gasteiger partial charge in [0.25, 0.3) is 0 Å². The van der Waals surface area contributed by atoms with Gasteiger partial charge in [0.15, 0.2) is 11.6 Å². The molecule has 6 aromatic rings. The lowest BCUT2D eigenvalue weighted by Crippen LogP contribution is -2.14. The lowest BCUT2D eigenvalue weighted by Gasteiger charge is -2.29. The molecule has 3 heteroatoms. The zero-order valence-electron chi connectivity index (χ0n) is 28.9. The van der Waals surface area contributed by atoms with E-state index in [1.54, 1.807) is 30.3 Å². The molecule has 49 heavy (non-hydrogen) atoms. The minimum absolute atomic E-state index is 0.0581. The van der Waals surface area contributed by atoms with Crippen LogP contribution in [0.1, 0.15) is 78.9 Å². The third kappa shape index (κ3) is 5.04. The summed E-state index contributed by atoms with van der Waals surface area (Å²) in [4.78, 5) is 28.7. The highest BCUT2D eigenvalue weighted by Crippen LogP contribution is 2.51. The first-order valence-corrected chi connectivity index (χ1v) is 17.0. The van der Waals surface area contributed by atoms with E-state index in [1.165, 1.54) is 27.5 Å². The van der Waals surface area contributed by atoms with E-state index in [9.17, 15) is 9.59 Å². The molecular weight excluding hydrogens is 599 g/mol. The number of benzene rings is 6. The van der Waals surface area contributed by atoms with E-state index < -0.39 is 0 Å². The first kappa shape index (κ1) is 30.8. The molecule has 0 N–H and O–H groups in total. The van der Waals surface area contributed by atoms with Gasteiger partial charge >= 0.3 is 0 Å². The predicted octanol–water partition coefficient (Wildman–Crippen LogP) is 12.0. The number of rotatable bonds is 4. The van der Waals surface area contributed by atoms with E-state index in [-0.39, 0.29) is 28.0 Å². The molecule has 0 atom stereocenters. The van der Waals surface area contributed by atoms with E-state index in [4.69, 9.17) is 0 Å². The van der Waals surface area contributed by atoms with Crippen LogP contribution in [0.5, 0.6) is 0 Å². The van der Waals surface area contributed by atoms with E-state index in [1.807, 2.05) is 6.07 Å². The zero-order chi connectivity index (χ0) is 34.2. The molecule has 0 fully saturated rings. The number of ketones is 2. The fourth-order valence-corrected chi connectivity index (χ4v) is 7.36. The molecule has 240 valence electrons. The van der Waals surface area contributed by atoms with Crippen molar-refractivity contribution in [1.29, 1.82) is 0 Å². The van der Waals surface area contributed by atoms with Gasteiger partial charge in [-0.25, -0.2) is 0 Å². The number of Topliss-reactive ketones (excluding diaryl/α,β-unsaturated/α-hetero) is 2. The Morgan fingerprint density at radius 2 is 1.00 bits per heavy atom. The second-order valence-electron chi connectivity index (χ2n) is 15.4. The van der Waals surface area contributed by atoms with Gasteiger partial charge in [-0.15, -0.1) is 0 Å². The summed E-state index contributed by atoms with van der Waals surface area (Å²) in [6.07, 6.45) is 1.75. The van der Waals surface area contributed by atoms with Crippen molar-refractivity contribution in [2.45, 2.75) is 52.4 Å². The second kappa shape index (κ2) is 11.0. The minimum atomic E-state index is -0.206. The molecule has 0 amide bonds. The number of hydrogen-bond acceptors (Lipinski definition) is 3. The van der Waals surface area contributed by atoms with Crippen molar-refractivity contribution >= 4 is 45.5 Å². The Labute approximate surface area is 288 Å². The summed E-state index contributed by atoms with van der Waals surface area (Å²) < 4.78 is 0. The Balaban J connectivity index is 1.25. The van der Waals surface area contributed by atoms with Crippen LogP contribution in [-0.2, 0) is 10.8 Å². The lowest BCUT2D eigenvalue weighted by atomic mass is 9.86. The van der Waals surface area contributed by atoms with Crippen LogP contribution >= 0.6 is 0 Å². The zero-order valence-corrected chi connectivity index (χ0v) is 28.9. The van der Waals surface area contributed by atoms with Crippen LogP contribution in [0.4, 0.5) is 17.1 Å². The molecule has 6 aromatic carbocycles. The summed E-state index contributed by atoms with van der Waals surface area (Å²) in [5, 5.41) is 2.38. The van der Waals surface area contributed by atoms with Crippen LogP contribution in [0.25, 0.3) is 39.1 Å². The first-order chi connectivity index (χ1) is 23.4. The van der Waals surface area contributed by atoms with Crippen molar-refractivity contribution in [2.75, 3.05) is 4.90 Å². The van der Waals surface area contributed by atoms with E-state index in [2.05, 4.69) is 137 Å². The van der Waals surface area contributed by atoms with Gasteiger partial charge in [0.2, 0.25) is 0 Å². The molecule has 2 aliphatic carbocycles. The van der Waals surface area contributed by atoms with Crippen molar-refractivity contribution < 1.29 is 9.59 Å². The molecule has 0 bridgehead atoms. The number of allylic oxidation sites excluding steroid dienone is 1. The van der Waals surface area contributed by atoms with Gasteiger partial charge < -0.3 is 4.90 Å². The lowest BCUT2D eigenvalue weighted by molar-refractivity contribution is 0.0990. The third-order valence-electron chi connectivity index (χ3n) is 10.1. The Bertz CT molecular complexity index is 2270. The number of fused-ring (bicyclic) bond motifs is 4. The van der Waals surface area contributed by atoms with Crippen molar-refractivity contribution in [2.24, 2.45) is 0 Å². The average molecular weight is 638 g/mol. The van der Waals surface area contributed by atoms with Crippen LogP contribution < -0.4 is 4.90 Å². The van der Waals surface area contributed by atoms with Crippen molar-refractivity contribution in [3.05, 3.63) is 155 Å². The standard InChI is InChI=1S/C46H39NO2/c1-45(2,3)29-15-19-31(20-16-29)47(32-21-17-30(18-22-32)46(4,5)6)41-25-24-35-33-23-14-28(26-39(33)34-12-9-13-38(41)42(34)35)27-40-43(48)36-10-7-8-11-37(36)44(40)49/h7-27H,1-6H3. The van der Waals surface area contributed by atoms with Crippen molar-refractivity contribution in [1.82, 2.24) is 0 Å². The number of nitrogens with zero attached hydrogens (tertiary/aromatic N) is 1. The highest BCUT2D eigenvalue weighted by molar-refractivity contribution is 6.41. The van der Waals surface area contributed by atoms with Crippen LogP contribution in [0.2, 0.25) is 0 Å². The maximum Gasteiger partial charge on any atom is 0.197 e. The highest BCUT2D eigenvalue weighted by atomic mass is 16.2. The average Bonchev–Trinajstić information content (AvgIpc) is 3.53. The first-order valence-electron chi connectivity index (χ1n) is 17.0. The Kier molecular flexibility index (Phi) is 6.91. The molecule has 0 saturated heterocycles. The van der Waals surface area contributed by atoms with Gasteiger partial charge in [0.1, 0.15) is 0 Å². The maximum atomic E-state index is 13.2. The van der Waals surface area contributed by atoms with Crippen LogP contribution in [0.3, 0.4) is 0 Å². The molecule has 2 aliphatic rings. The van der Waals surface area contributed by atoms with Gasteiger partial charge in [-0.3, -0.25) is 9.59 Å². The molecule has 0 spiro atoms. The van der Waals surface area contributed by atoms with E-state index in [0.717, 1.165) is 39.3 Å². The Hall–Kier alpha value is -5.54. The van der Waals surface area contributed by atoms with Gasteiger partial charge in [-0.2, -0.15) is 0 Å². The maximum absolute atomic E-state index is 13.2. The number of anilines is 3. The summed E-state index contributed by atoms with van der Waals surface area (Å²) in [7, 11) is 0. The molecule has 8 rings (SSSR count). The summed E-state index contributed by atoms with van der Waals surface area (Å²) in [5.74, 6) is -0.412. The number of hydrogen-bond donors (Lipinski definition) is 0. The molecule has 0 heterocycles. The quantitative estimate of drug-likeness (QED) is 0.142. The number of carbonyl (C=O) groups is 2. The monoisotopic (exact) mass is 637 g/mol. The molecule has 0 radical (unpaired) electrons. The van der Waals surface area contributed by atoms with Crippen LogP contribution in [-0.4, -0.2) is 11.6 Å². The molecule has 3 nitrogen and oxygen atoms in total. The van der Waals surface area contributed by atoms with Crippen LogP contribution in [0, 0.1) is 0 Å². The molecular formula is C46H39NO2. The second-order valence-corrected chi connectivity index (χ2v) is 15.4. The SMILES string of the molecule is CC(C)(C)c1ccc(N(c2ccc(C(C)(C)C)cc2)c2ccc3c4c(cccc24)-c2cc(C=C4C(=O)c5ccccc5C4=O)ccc2-3)cc1. The smallest absolute Gasteiger partial charge is 0.197 e. The Morgan fingerprint density at radius 3 is 1.55 bits per heavy atom. The van der Waals surface area contributed by atoms with E-state index in [0.29, 0.717) is 11.1 Å². The van der Waals surface area contributed by atoms with Gasteiger partial charge in [0, 0.05) is 27.9 Å². The molecule has 0 saturated carbocycles. The molecule has 0 unspecified atom stereocenters.